The molecule has 3 nitrogen and oxygen atoms in total. The zero-order valence-corrected chi connectivity index (χ0v) is 21.0. The van der Waals surface area contributed by atoms with E-state index in [4.69, 9.17) is 11.1 Å². The highest BCUT2D eigenvalue weighted by molar-refractivity contribution is 5.74. The molecule has 0 spiro atoms. The molecule has 30 heavy (non-hydrogen) atoms. The smallest absolute Gasteiger partial charge is 0.188 e. The van der Waals surface area contributed by atoms with Crippen molar-refractivity contribution in [1.82, 2.24) is 4.90 Å². The van der Waals surface area contributed by atoms with Gasteiger partial charge in [-0.15, -0.1) is 0 Å². The van der Waals surface area contributed by atoms with Crippen LogP contribution in [-0.4, -0.2) is 23.9 Å². The van der Waals surface area contributed by atoms with Gasteiger partial charge in [0.25, 0.3) is 0 Å². The van der Waals surface area contributed by atoms with Crippen molar-refractivity contribution in [3.63, 3.8) is 0 Å². The maximum absolute atomic E-state index is 7.84. The molecule has 0 fully saturated rings. The van der Waals surface area contributed by atoms with Gasteiger partial charge in [-0.1, -0.05) is 142 Å². The van der Waals surface area contributed by atoms with Crippen molar-refractivity contribution in [2.75, 3.05) is 13.1 Å². The topological polar surface area (TPSA) is 53.1 Å². The van der Waals surface area contributed by atoms with Crippen LogP contribution in [0.15, 0.2) is 0 Å². The van der Waals surface area contributed by atoms with E-state index in [0.29, 0.717) is 0 Å². The normalized spacial score (nSPS) is 11.1. The van der Waals surface area contributed by atoms with Crippen molar-refractivity contribution in [3.05, 3.63) is 0 Å². The second-order valence-electron chi connectivity index (χ2n) is 9.44. The summed E-state index contributed by atoms with van der Waals surface area (Å²) in [5.74, 6) is 0.272. The molecule has 0 saturated carbocycles. The molecule has 0 aromatic heterocycles. The van der Waals surface area contributed by atoms with Gasteiger partial charge in [-0.3, -0.25) is 5.41 Å². The summed E-state index contributed by atoms with van der Waals surface area (Å²) in [6, 6.07) is 0. The zero-order valence-electron chi connectivity index (χ0n) is 21.0. The summed E-state index contributed by atoms with van der Waals surface area (Å²) in [5.41, 5.74) is 5.81. The predicted octanol–water partition coefficient (Wildman–Crippen LogP) is 8.80. The maximum atomic E-state index is 7.84. The number of nitrogens with one attached hydrogen (secondary N) is 1. The van der Waals surface area contributed by atoms with Crippen LogP contribution in [0, 0.1) is 5.41 Å². The van der Waals surface area contributed by atoms with E-state index in [9.17, 15) is 0 Å². The Morgan fingerprint density at radius 2 is 0.700 bits per heavy atom. The Morgan fingerprint density at radius 1 is 0.467 bits per heavy atom. The molecule has 0 aliphatic rings. The number of hydrogen-bond acceptors (Lipinski definition) is 1. The van der Waals surface area contributed by atoms with Crippen LogP contribution in [0.2, 0.25) is 0 Å². The van der Waals surface area contributed by atoms with E-state index in [1.807, 2.05) is 0 Å². The van der Waals surface area contributed by atoms with Gasteiger partial charge in [0.1, 0.15) is 0 Å². The van der Waals surface area contributed by atoms with Gasteiger partial charge in [-0.05, 0) is 12.8 Å². The highest BCUT2D eigenvalue weighted by atomic mass is 15.2. The molecule has 0 aliphatic heterocycles. The fourth-order valence-corrected chi connectivity index (χ4v) is 4.29. The van der Waals surface area contributed by atoms with Crippen molar-refractivity contribution >= 4 is 5.96 Å². The van der Waals surface area contributed by atoms with Gasteiger partial charge in [-0.25, -0.2) is 0 Å². The number of hydrogen-bond donors (Lipinski definition) is 2. The lowest BCUT2D eigenvalue weighted by molar-refractivity contribution is 0.378. The summed E-state index contributed by atoms with van der Waals surface area (Å²) < 4.78 is 0. The summed E-state index contributed by atoms with van der Waals surface area (Å²) in [5, 5.41) is 7.84. The Balaban J connectivity index is 3.43. The molecule has 3 N–H and O–H groups in total. The van der Waals surface area contributed by atoms with Gasteiger partial charge < -0.3 is 10.6 Å². The van der Waals surface area contributed by atoms with Gasteiger partial charge in [0.15, 0.2) is 5.96 Å². The lowest BCUT2D eigenvalue weighted by atomic mass is 10.1. The van der Waals surface area contributed by atoms with E-state index in [1.165, 1.54) is 141 Å². The zero-order chi connectivity index (χ0) is 22.1. The molecule has 0 saturated heterocycles. The fourth-order valence-electron chi connectivity index (χ4n) is 4.29. The van der Waals surface area contributed by atoms with Gasteiger partial charge >= 0.3 is 0 Å². The van der Waals surface area contributed by atoms with Gasteiger partial charge in [0.2, 0.25) is 0 Å². The first kappa shape index (κ1) is 29.3. The summed E-state index contributed by atoms with van der Waals surface area (Å²) in [7, 11) is 0. The summed E-state index contributed by atoms with van der Waals surface area (Å²) in [6.45, 7) is 6.52. The molecule has 0 rings (SSSR count). The molecule has 180 valence electrons. The number of unbranched alkanes of at least 4 members (excludes halogenated alkanes) is 20. The monoisotopic (exact) mass is 423 g/mol. The van der Waals surface area contributed by atoms with Crippen molar-refractivity contribution in [3.8, 4) is 0 Å². The predicted molar refractivity (Wildman–Crippen MR) is 136 cm³/mol. The van der Waals surface area contributed by atoms with Crippen LogP contribution in [0.4, 0.5) is 0 Å². The Bertz CT molecular complexity index is 317. The third kappa shape index (κ3) is 22.0. The van der Waals surface area contributed by atoms with E-state index in [-0.39, 0.29) is 5.96 Å². The third-order valence-electron chi connectivity index (χ3n) is 6.40. The van der Waals surface area contributed by atoms with E-state index >= 15 is 0 Å². The Kier molecular flexibility index (Phi) is 23.9. The second-order valence-corrected chi connectivity index (χ2v) is 9.44. The largest absolute Gasteiger partial charge is 0.370 e. The maximum Gasteiger partial charge on any atom is 0.188 e. The Morgan fingerprint density at radius 3 is 0.933 bits per heavy atom. The van der Waals surface area contributed by atoms with E-state index in [0.717, 1.165) is 13.1 Å². The Labute approximate surface area is 190 Å². The minimum absolute atomic E-state index is 0.272. The number of nitrogens with zero attached hydrogens (tertiary/aromatic N) is 1. The van der Waals surface area contributed by atoms with Crippen LogP contribution < -0.4 is 5.73 Å². The lowest BCUT2D eigenvalue weighted by Gasteiger charge is -2.22. The quantitative estimate of drug-likeness (QED) is 0.0925. The van der Waals surface area contributed by atoms with E-state index in [2.05, 4.69) is 18.7 Å². The highest BCUT2D eigenvalue weighted by Crippen LogP contribution is 2.13. The summed E-state index contributed by atoms with van der Waals surface area (Å²) in [6.07, 6.45) is 30.1. The molecule has 0 amide bonds. The van der Waals surface area contributed by atoms with Crippen LogP contribution in [0.25, 0.3) is 0 Å². The summed E-state index contributed by atoms with van der Waals surface area (Å²) >= 11 is 0. The molecule has 3 heteroatoms. The van der Waals surface area contributed by atoms with E-state index in [1.54, 1.807) is 0 Å². The van der Waals surface area contributed by atoms with Gasteiger partial charge in [0.05, 0.1) is 0 Å². The molecule has 0 aliphatic carbocycles. The van der Waals surface area contributed by atoms with Crippen molar-refractivity contribution < 1.29 is 0 Å². The SMILES string of the molecule is CCCCCCCCCCCCCN(CCCCCCCCCCCCC)C(=N)N. The molecule has 0 unspecified atom stereocenters. The lowest BCUT2D eigenvalue weighted by Crippen LogP contribution is -2.37. The average molecular weight is 424 g/mol. The van der Waals surface area contributed by atoms with E-state index < -0.39 is 0 Å². The van der Waals surface area contributed by atoms with Crippen molar-refractivity contribution in [2.24, 2.45) is 5.73 Å². The first-order valence-corrected chi connectivity index (χ1v) is 13.8. The minimum atomic E-state index is 0.272. The molecule has 0 atom stereocenters. The molecular formula is C27H57N3. The van der Waals surface area contributed by atoms with Gasteiger partial charge in [0, 0.05) is 13.1 Å². The average Bonchev–Trinajstić information content (AvgIpc) is 2.74. The van der Waals surface area contributed by atoms with Crippen LogP contribution in [0.1, 0.15) is 155 Å². The molecule has 0 heterocycles. The number of nitrogens with two attached hydrogens (primary N) is 1. The summed E-state index contributed by atoms with van der Waals surface area (Å²) in [4.78, 5) is 2.10. The highest BCUT2D eigenvalue weighted by Gasteiger charge is 2.05. The number of rotatable bonds is 24. The van der Waals surface area contributed by atoms with Crippen molar-refractivity contribution in [1.29, 1.82) is 5.41 Å². The van der Waals surface area contributed by atoms with Crippen molar-refractivity contribution in [2.45, 2.75) is 155 Å². The standard InChI is InChI=1S/C27H57N3/c1-3-5-7-9-11-13-15-17-19-21-23-25-30(27(28)29)26-24-22-20-18-16-14-12-10-8-6-4-2/h3-26H2,1-2H3,(H3,28,29). The minimum Gasteiger partial charge on any atom is -0.370 e. The van der Waals surface area contributed by atoms with Crippen LogP contribution in [0.5, 0.6) is 0 Å². The fraction of sp³-hybridized carbons (Fsp3) is 0.963. The Hall–Kier alpha value is -0.730. The second kappa shape index (κ2) is 24.5. The van der Waals surface area contributed by atoms with Crippen LogP contribution >= 0.6 is 0 Å². The molecule has 0 aromatic carbocycles. The van der Waals surface area contributed by atoms with Gasteiger partial charge in [-0.2, -0.15) is 0 Å². The molecule has 0 radical (unpaired) electrons. The first-order chi connectivity index (χ1) is 14.7. The molecule has 0 bridgehead atoms. The third-order valence-corrected chi connectivity index (χ3v) is 6.40. The number of guanidine groups is 1. The van der Waals surface area contributed by atoms with Crippen LogP contribution in [-0.2, 0) is 0 Å². The molecular weight excluding hydrogens is 366 g/mol. The van der Waals surface area contributed by atoms with Crippen LogP contribution in [0.3, 0.4) is 0 Å². The first-order valence-electron chi connectivity index (χ1n) is 13.8. The molecule has 0 aromatic rings.